The van der Waals surface area contributed by atoms with Crippen molar-refractivity contribution in [3.63, 3.8) is 0 Å². The van der Waals surface area contributed by atoms with Gasteiger partial charge in [0.25, 0.3) is 0 Å². The number of anilines is 1. The predicted molar refractivity (Wildman–Crippen MR) is 105 cm³/mol. The first-order chi connectivity index (χ1) is 13.5. The Morgan fingerprint density at radius 3 is 2.89 bits per heavy atom. The molecule has 2 aromatic heterocycles. The van der Waals surface area contributed by atoms with Crippen LogP contribution in [0.25, 0.3) is 0 Å². The van der Waals surface area contributed by atoms with E-state index in [1.807, 2.05) is 16.0 Å². The number of nitrogens with zero attached hydrogens (tertiary/aromatic N) is 3. The molecule has 0 radical (unpaired) electrons. The minimum Gasteiger partial charge on any atom is -0.433 e. The van der Waals surface area contributed by atoms with Crippen LogP contribution in [0.1, 0.15) is 11.8 Å². The zero-order valence-electron chi connectivity index (χ0n) is 14.9. The summed E-state index contributed by atoms with van der Waals surface area (Å²) in [6.45, 7) is -0.545. The van der Waals surface area contributed by atoms with Crippen LogP contribution in [0, 0.1) is 0 Å². The third-order valence-corrected chi connectivity index (χ3v) is 5.80. The number of para-hydroxylation sites is 2. The number of halogens is 2. The summed E-state index contributed by atoms with van der Waals surface area (Å²) < 4.78 is 31.4. The van der Waals surface area contributed by atoms with E-state index in [0.717, 1.165) is 6.42 Å². The molecule has 1 aromatic carbocycles. The number of nitrogens with one attached hydrogen (secondary N) is 1. The summed E-state index contributed by atoms with van der Waals surface area (Å²) in [5, 5.41) is 12.8. The first kappa shape index (κ1) is 20.3. The predicted octanol–water partition coefficient (Wildman–Crippen LogP) is 4.30. The molecule has 10 heteroatoms. The fraction of sp³-hybridized carbons (Fsp3) is 0.278. The lowest BCUT2D eigenvalue weighted by atomic mass is 10.3. The number of aryl methyl sites for hydroxylation is 2. The second-order valence-corrected chi connectivity index (χ2v) is 8.10. The standard InChI is InChI=1S/C18H18F2N4O2S2/c1-12(16(25)22-14-6-2-3-7-15(14)26-17(19)20)28-18-23-21-11-24(18)9-8-13-5-4-10-27-13/h2-7,10-12,17H,8-9H2,1H3,(H,22,25). The SMILES string of the molecule is CC(Sc1nncn1CCc1cccs1)C(=O)Nc1ccccc1OC(F)F. The molecular weight excluding hydrogens is 406 g/mol. The average molecular weight is 424 g/mol. The zero-order chi connectivity index (χ0) is 19.9. The number of rotatable bonds is 9. The quantitative estimate of drug-likeness (QED) is 0.519. The Morgan fingerprint density at radius 1 is 1.32 bits per heavy atom. The molecule has 0 fully saturated rings. The van der Waals surface area contributed by atoms with E-state index in [2.05, 4.69) is 26.3 Å². The molecule has 148 valence electrons. The molecule has 0 aliphatic carbocycles. The fourth-order valence-corrected chi connectivity index (χ4v) is 3.94. The van der Waals surface area contributed by atoms with Crippen LogP contribution >= 0.6 is 23.1 Å². The number of aromatic nitrogens is 3. The van der Waals surface area contributed by atoms with Crippen molar-refractivity contribution in [2.45, 2.75) is 36.9 Å². The van der Waals surface area contributed by atoms with Gasteiger partial charge in [0.15, 0.2) is 5.16 Å². The molecule has 0 saturated carbocycles. The molecule has 0 aliphatic rings. The zero-order valence-corrected chi connectivity index (χ0v) is 16.6. The van der Waals surface area contributed by atoms with E-state index in [-0.39, 0.29) is 17.3 Å². The summed E-state index contributed by atoms with van der Waals surface area (Å²) in [5.41, 5.74) is 0.194. The molecule has 1 atom stereocenters. The highest BCUT2D eigenvalue weighted by Gasteiger charge is 2.20. The topological polar surface area (TPSA) is 69.0 Å². The minimum absolute atomic E-state index is 0.0813. The molecule has 0 aliphatic heterocycles. The van der Waals surface area contributed by atoms with Gasteiger partial charge in [-0.3, -0.25) is 4.79 Å². The summed E-state index contributed by atoms with van der Waals surface area (Å²) in [5.74, 6) is -0.426. The van der Waals surface area contributed by atoms with E-state index in [4.69, 9.17) is 0 Å². The van der Waals surface area contributed by atoms with Crippen molar-refractivity contribution in [1.82, 2.24) is 14.8 Å². The number of amides is 1. The molecule has 3 aromatic rings. The van der Waals surface area contributed by atoms with Crippen molar-refractivity contribution < 1.29 is 18.3 Å². The van der Waals surface area contributed by atoms with Gasteiger partial charge in [0, 0.05) is 11.4 Å². The number of hydrogen-bond donors (Lipinski definition) is 1. The second kappa shape index (κ2) is 9.65. The van der Waals surface area contributed by atoms with E-state index in [0.29, 0.717) is 11.7 Å². The fourth-order valence-electron chi connectivity index (χ4n) is 2.39. The maximum absolute atomic E-state index is 12.5. The largest absolute Gasteiger partial charge is 0.433 e. The van der Waals surface area contributed by atoms with E-state index < -0.39 is 11.9 Å². The van der Waals surface area contributed by atoms with Crippen LogP contribution in [-0.2, 0) is 17.8 Å². The third-order valence-electron chi connectivity index (χ3n) is 3.77. The van der Waals surface area contributed by atoms with E-state index >= 15 is 0 Å². The Morgan fingerprint density at radius 2 is 2.14 bits per heavy atom. The Bertz CT molecular complexity index is 903. The number of thiophene rings is 1. The van der Waals surface area contributed by atoms with Crippen LogP contribution in [0.3, 0.4) is 0 Å². The van der Waals surface area contributed by atoms with Gasteiger partial charge in [-0.15, -0.1) is 21.5 Å². The Kier molecular flexibility index (Phi) is 6.99. The van der Waals surface area contributed by atoms with Crippen molar-refractivity contribution in [2.24, 2.45) is 0 Å². The average Bonchev–Trinajstić information content (AvgIpc) is 3.33. The van der Waals surface area contributed by atoms with Gasteiger partial charge in [-0.1, -0.05) is 30.0 Å². The third kappa shape index (κ3) is 5.52. The smallest absolute Gasteiger partial charge is 0.387 e. The second-order valence-electron chi connectivity index (χ2n) is 5.76. The van der Waals surface area contributed by atoms with Crippen LogP contribution in [0.15, 0.2) is 53.3 Å². The summed E-state index contributed by atoms with van der Waals surface area (Å²) in [6.07, 6.45) is 2.48. The van der Waals surface area contributed by atoms with Gasteiger partial charge in [0.05, 0.1) is 10.9 Å². The van der Waals surface area contributed by atoms with Crippen LogP contribution in [0.2, 0.25) is 0 Å². The monoisotopic (exact) mass is 424 g/mol. The van der Waals surface area contributed by atoms with Gasteiger partial charge in [-0.25, -0.2) is 0 Å². The molecule has 1 amide bonds. The molecule has 0 bridgehead atoms. The van der Waals surface area contributed by atoms with E-state index in [1.54, 1.807) is 36.7 Å². The molecule has 2 heterocycles. The van der Waals surface area contributed by atoms with Crippen molar-refractivity contribution in [2.75, 3.05) is 5.32 Å². The van der Waals surface area contributed by atoms with E-state index in [9.17, 15) is 13.6 Å². The van der Waals surface area contributed by atoms with Gasteiger partial charge in [-0.05, 0) is 36.9 Å². The molecule has 0 saturated heterocycles. The minimum atomic E-state index is -2.97. The number of ether oxygens (including phenoxy) is 1. The molecule has 6 nitrogen and oxygen atoms in total. The molecular formula is C18H18F2N4O2S2. The van der Waals surface area contributed by atoms with Crippen molar-refractivity contribution in [3.05, 3.63) is 53.0 Å². The number of benzene rings is 1. The highest BCUT2D eigenvalue weighted by atomic mass is 32.2. The molecule has 0 spiro atoms. The van der Waals surface area contributed by atoms with Crippen molar-refractivity contribution in [1.29, 1.82) is 0 Å². The summed E-state index contributed by atoms with van der Waals surface area (Å²) in [4.78, 5) is 13.8. The highest BCUT2D eigenvalue weighted by Crippen LogP contribution is 2.28. The van der Waals surface area contributed by atoms with Crippen molar-refractivity contribution in [3.8, 4) is 5.75 Å². The Balaban J connectivity index is 1.60. The summed E-state index contributed by atoms with van der Waals surface area (Å²) in [6, 6.07) is 10.1. The lowest BCUT2D eigenvalue weighted by molar-refractivity contribution is -0.115. The van der Waals surface area contributed by atoms with Gasteiger partial charge >= 0.3 is 6.61 Å². The molecule has 28 heavy (non-hydrogen) atoms. The van der Waals surface area contributed by atoms with Gasteiger partial charge < -0.3 is 14.6 Å². The lowest BCUT2D eigenvalue weighted by Gasteiger charge is -2.15. The van der Waals surface area contributed by atoms with Crippen LogP contribution in [0.4, 0.5) is 14.5 Å². The maximum Gasteiger partial charge on any atom is 0.387 e. The summed E-state index contributed by atoms with van der Waals surface area (Å²) in [7, 11) is 0. The van der Waals surface area contributed by atoms with Crippen molar-refractivity contribution >= 4 is 34.7 Å². The van der Waals surface area contributed by atoms with Crippen LogP contribution in [-0.4, -0.2) is 32.5 Å². The summed E-state index contributed by atoms with van der Waals surface area (Å²) >= 11 is 2.94. The van der Waals surface area contributed by atoms with Gasteiger partial charge in [0.1, 0.15) is 12.1 Å². The van der Waals surface area contributed by atoms with Gasteiger partial charge in [-0.2, -0.15) is 8.78 Å². The lowest BCUT2D eigenvalue weighted by Crippen LogP contribution is -2.23. The van der Waals surface area contributed by atoms with Gasteiger partial charge in [0.2, 0.25) is 5.91 Å². The maximum atomic E-state index is 12.5. The van der Waals surface area contributed by atoms with E-state index in [1.165, 1.54) is 28.8 Å². The number of carbonyl (C=O) groups excluding carboxylic acids is 1. The Labute approximate surface area is 168 Å². The normalized spacial score (nSPS) is 12.1. The molecule has 1 N–H and O–H groups in total. The Hall–Kier alpha value is -2.46. The number of carbonyl (C=O) groups is 1. The first-order valence-corrected chi connectivity index (χ1v) is 10.2. The first-order valence-electron chi connectivity index (χ1n) is 8.44. The molecule has 3 rings (SSSR count). The number of hydrogen-bond acceptors (Lipinski definition) is 6. The number of alkyl halides is 2. The van der Waals surface area contributed by atoms with Crippen LogP contribution in [0.5, 0.6) is 5.75 Å². The molecule has 1 unspecified atom stereocenters. The number of thioether (sulfide) groups is 1. The highest BCUT2D eigenvalue weighted by molar-refractivity contribution is 8.00. The van der Waals surface area contributed by atoms with Crippen LogP contribution < -0.4 is 10.1 Å².